The molecule has 0 aliphatic carbocycles. The van der Waals surface area contributed by atoms with Gasteiger partial charge in [-0.15, -0.1) is 0 Å². The molecule has 0 spiro atoms. The third kappa shape index (κ3) is 7.64. The average Bonchev–Trinajstić information content (AvgIpc) is 2.91. The minimum Gasteiger partial charge on any atom is -0.382 e. The number of hydrogen-bond donors (Lipinski definition) is 1. The molecule has 4 rings (SSSR count). The van der Waals surface area contributed by atoms with Crippen molar-refractivity contribution in [1.82, 2.24) is 9.80 Å². The van der Waals surface area contributed by atoms with E-state index in [9.17, 15) is 13.2 Å². The molecular weight excluding hydrogens is 519 g/mol. The van der Waals surface area contributed by atoms with Crippen LogP contribution in [0, 0.1) is 11.3 Å². The van der Waals surface area contributed by atoms with Crippen molar-refractivity contribution in [2.75, 3.05) is 56.0 Å². The van der Waals surface area contributed by atoms with Gasteiger partial charge in [-0.2, -0.15) is 18.4 Å². The zero-order valence-electron chi connectivity index (χ0n) is 23.0. The second-order valence-corrected chi connectivity index (χ2v) is 12.0. The number of nitriles is 1. The van der Waals surface area contributed by atoms with Crippen LogP contribution in [-0.4, -0.2) is 66.6 Å². The van der Waals surface area contributed by atoms with Gasteiger partial charge in [0.15, 0.2) is 0 Å². The van der Waals surface area contributed by atoms with Crippen LogP contribution in [0.2, 0.25) is 0 Å². The van der Waals surface area contributed by atoms with Crippen molar-refractivity contribution in [3.63, 3.8) is 0 Å². The number of hydrogen-bond acceptors (Lipinski definition) is 5. The number of nitrogens with zero attached hydrogens (tertiary/aromatic N) is 4. The summed E-state index contributed by atoms with van der Waals surface area (Å²) < 4.78 is 39.8. The number of alkyl halides is 3. The quantitative estimate of drug-likeness (QED) is 0.421. The first-order valence-electron chi connectivity index (χ1n) is 13.7. The Morgan fingerprint density at radius 3 is 2.18 bits per heavy atom. The fourth-order valence-electron chi connectivity index (χ4n) is 5.29. The molecule has 2 heterocycles. The van der Waals surface area contributed by atoms with Crippen molar-refractivity contribution in [3.05, 3.63) is 59.2 Å². The Morgan fingerprint density at radius 1 is 0.974 bits per heavy atom. The highest BCUT2D eigenvalue weighted by atomic mass is 32.1. The van der Waals surface area contributed by atoms with Gasteiger partial charge in [-0.25, -0.2) is 0 Å². The Bertz CT molecular complexity index is 1170. The first-order valence-corrected chi connectivity index (χ1v) is 14.1. The van der Waals surface area contributed by atoms with E-state index in [0.717, 1.165) is 76.1 Å². The summed E-state index contributed by atoms with van der Waals surface area (Å²) in [4.78, 5) is 8.13. The van der Waals surface area contributed by atoms with E-state index in [2.05, 4.69) is 65.1 Å². The highest BCUT2D eigenvalue weighted by Crippen LogP contribution is 2.34. The molecule has 0 saturated carbocycles. The molecule has 2 fully saturated rings. The average molecular weight is 558 g/mol. The van der Waals surface area contributed by atoms with Crippen molar-refractivity contribution in [3.8, 4) is 6.07 Å². The number of anilines is 2. The van der Waals surface area contributed by atoms with Gasteiger partial charge < -0.3 is 15.1 Å². The Morgan fingerprint density at radius 2 is 1.62 bits per heavy atom. The number of thiocarbonyl (C=S) groups is 1. The third-order valence-corrected chi connectivity index (χ3v) is 8.24. The highest BCUT2D eigenvalue weighted by molar-refractivity contribution is 7.80. The Kier molecular flexibility index (Phi) is 9.07. The van der Waals surface area contributed by atoms with Gasteiger partial charge in [0.25, 0.3) is 0 Å². The number of halogens is 3. The van der Waals surface area contributed by atoms with Crippen LogP contribution in [0.1, 0.15) is 56.7 Å². The lowest BCUT2D eigenvalue weighted by molar-refractivity contribution is -0.137. The van der Waals surface area contributed by atoms with Crippen LogP contribution in [-0.2, 0) is 11.6 Å². The van der Waals surface area contributed by atoms with Crippen LogP contribution in [0.5, 0.6) is 0 Å². The molecular formula is C30H38F3N5S. The van der Waals surface area contributed by atoms with E-state index in [4.69, 9.17) is 17.5 Å². The van der Waals surface area contributed by atoms with Gasteiger partial charge in [-0.05, 0) is 54.2 Å². The summed E-state index contributed by atoms with van der Waals surface area (Å²) in [7, 11) is 0. The van der Waals surface area contributed by atoms with Gasteiger partial charge in [0, 0.05) is 69.7 Å². The minimum absolute atomic E-state index is 0.0728. The maximum atomic E-state index is 13.3. The van der Waals surface area contributed by atoms with Crippen LogP contribution in [0.15, 0.2) is 42.5 Å². The largest absolute Gasteiger partial charge is 0.417 e. The van der Waals surface area contributed by atoms with Gasteiger partial charge in [-0.3, -0.25) is 4.90 Å². The minimum atomic E-state index is -4.55. The second-order valence-electron chi connectivity index (χ2n) is 11.5. The van der Waals surface area contributed by atoms with Crippen LogP contribution >= 0.6 is 12.2 Å². The van der Waals surface area contributed by atoms with Crippen molar-refractivity contribution >= 4 is 28.6 Å². The molecule has 210 valence electrons. The molecule has 0 radical (unpaired) electrons. The van der Waals surface area contributed by atoms with Gasteiger partial charge in [-0.1, -0.05) is 45.1 Å². The lowest BCUT2D eigenvalue weighted by atomic mass is 9.87. The molecule has 2 saturated heterocycles. The fraction of sp³-hybridized carbons (Fsp3) is 0.533. The van der Waals surface area contributed by atoms with E-state index < -0.39 is 11.7 Å². The third-order valence-electron chi connectivity index (χ3n) is 7.78. The summed E-state index contributed by atoms with van der Waals surface area (Å²) in [5.74, 6) is 0. The molecule has 0 amide bonds. The lowest BCUT2D eigenvalue weighted by Gasteiger charge is -2.38. The van der Waals surface area contributed by atoms with Crippen molar-refractivity contribution in [2.45, 2.75) is 57.7 Å². The van der Waals surface area contributed by atoms with E-state index in [1.54, 1.807) is 12.1 Å². The van der Waals surface area contributed by atoms with Gasteiger partial charge in [0.2, 0.25) is 0 Å². The normalized spacial score (nSPS) is 17.7. The Balaban J connectivity index is 1.19. The molecule has 2 aliphatic rings. The zero-order chi connectivity index (χ0) is 28.2. The lowest BCUT2D eigenvalue weighted by Crippen LogP contribution is -2.48. The predicted octanol–water partition coefficient (Wildman–Crippen LogP) is 6.29. The molecule has 39 heavy (non-hydrogen) atoms. The molecule has 5 nitrogen and oxygen atoms in total. The molecule has 1 N–H and O–H groups in total. The van der Waals surface area contributed by atoms with E-state index in [-0.39, 0.29) is 17.0 Å². The maximum Gasteiger partial charge on any atom is 0.417 e. The number of rotatable bonds is 6. The zero-order valence-corrected chi connectivity index (χ0v) is 23.8. The number of nitrogens with one attached hydrogen (secondary N) is 1. The molecule has 2 aromatic rings. The standard InChI is InChI=1S/C30H38F3N5S/c1-29(2,3)23-5-8-26(9-6-23)37-18-16-36(17-19-37)13-12-28(39)38-14-10-24(11-15-38)35-25-7-4-22(21-34)27(20-25)30(31,32)33/h4-9,20,24,35H,10-19H2,1-3H3. The number of likely N-dealkylation sites (tertiary alicyclic amines) is 1. The Labute approximate surface area is 235 Å². The second kappa shape index (κ2) is 12.1. The van der Waals surface area contributed by atoms with Crippen LogP contribution in [0.25, 0.3) is 0 Å². The summed E-state index contributed by atoms with van der Waals surface area (Å²) in [5, 5.41) is 12.2. The molecule has 0 bridgehead atoms. The summed E-state index contributed by atoms with van der Waals surface area (Å²) in [6.07, 6.45) is -2.11. The van der Waals surface area contributed by atoms with E-state index in [0.29, 0.717) is 5.69 Å². The smallest absolute Gasteiger partial charge is 0.382 e. The van der Waals surface area contributed by atoms with Crippen molar-refractivity contribution in [1.29, 1.82) is 5.26 Å². The highest BCUT2D eigenvalue weighted by Gasteiger charge is 2.34. The number of piperidine rings is 1. The summed E-state index contributed by atoms with van der Waals surface area (Å²) in [6, 6.07) is 14.5. The number of piperazine rings is 1. The number of benzene rings is 2. The van der Waals surface area contributed by atoms with E-state index in [1.165, 1.54) is 17.3 Å². The monoisotopic (exact) mass is 557 g/mol. The Hall–Kier alpha value is -2.83. The maximum absolute atomic E-state index is 13.3. The first-order chi connectivity index (χ1) is 18.4. The van der Waals surface area contributed by atoms with Crippen LogP contribution < -0.4 is 10.2 Å². The predicted molar refractivity (Wildman–Crippen MR) is 155 cm³/mol. The van der Waals surface area contributed by atoms with E-state index in [1.807, 2.05) is 0 Å². The van der Waals surface area contributed by atoms with Crippen molar-refractivity contribution in [2.24, 2.45) is 0 Å². The van der Waals surface area contributed by atoms with E-state index >= 15 is 0 Å². The van der Waals surface area contributed by atoms with Gasteiger partial charge in [0.05, 0.1) is 22.2 Å². The van der Waals surface area contributed by atoms with Gasteiger partial charge in [0.1, 0.15) is 0 Å². The molecule has 0 unspecified atom stereocenters. The summed E-state index contributed by atoms with van der Waals surface area (Å²) in [5.41, 5.74) is 1.94. The summed E-state index contributed by atoms with van der Waals surface area (Å²) in [6.45, 7) is 13.3. The SMILES string of the molecule is CC(C)(C)c1ccc(N2CCN(CCC(=S)N3CCC(Nc4ccc(C#N)c(C(F)(F)F)c4)CC3)CC2)cc1. The molecule has 0 atom stereocenters. The van der Waals surface area contributed by atoms with Crippen molar-refractivity contribution < 1.29 is 13.2 Å². The summed E-state index contributed by atoms with van der Waals surface area (Å²) >= 11 is 5.75. The fourth-order valence-corrected chi connectivity index (χ4v) is 5.56. The van der Waals surface area contributed by atoms with Crippen LogP contribution in [0.3, 0.4) is 0 Å². The first kappa shape index (κ1) is 29.2. The van der Waals surface area contributed by atoms with Crippen LogP contribution in [0.4, 0.5) is 24.5 Å². The topological polar surface area (TPSA) is 45.5 Å². The molecule has 9 heteroatoms. The van der Waals surface area contributed by atoms with Gasteiger partial charge >= 0.3 is 6.18 Å². The molecule has 0 aromatic heterocycles. The molecule has 2 aromatic carbocycles. The molecule has 2 aliphatic heterocycles.